The van der Waals surface area contributed by atoms with E-state index in [0.717, 1.165) is 32.7 Å². The van der Waals surface area contributed by atoms with Gasteiger partial charge >= 0.3 is 0 Å². The topological polar surface area (TPSA) is 64.7 Å². The normalized spacial score (nSPS) is 19.2. The lowest BCUT2D eigenvalue weighted by atomic mass is 10.3. The first-order valence-electron chi connectivity index (χ1n) is 5.70. The van der Waals surface area contributed by atoms with E-state index in [-0.39, 0.29) is 0 Å². The highest BCUT2D eigenvalue weighted by molar-refractivity contribution is 7.87. The summed E-state index contributed by atoms with van der Waals surface area (Å²) in [4.78, 5) is 2.25. The first kappa shape index (κ1) is 13.9. The van der Waals surface area contributed by atoms with Gasteiger partial charge in [-0.25, -0.2) is 4.72 Å². The van der Waals surface area contributed by atoms with Crippen LogP contribution in [0.1, 0.15) is 6.92 Å². The van der Waals surface area contributed by atoms with E-state index >= 15 is 0 Å². The van der Waals surface area contributed by atoms with Crippen molar-refractivity contribution in [3.05, 3.63) is 0 Å². The quantitative estimate of drug-likeness (QED) is 0.613. The summed E-state index contributed by atoms with van der Waals surface area (Å²) in [6.45, 7) is 7.52. The fraction of sp³-hybridized carbons (Fsp3) is 1.00. The van der Waals surface area contributed by atoms with Crippen LogP contribution in [0.2, 0.25) is 0 Å². The number of hydrogen-bond acceptors (Lipinski definition) is 4. The van der Waals surface area contributed by atoms with Crippen LogP contribution >= 0.6 is 0 Å². The Bertz CT molecular complexity index is 288. The average molecular weight is 250 g/mol. The van der Waals surface area contributed by atoms with Crippen molar-refractivity contribution in [3.63, 3.8) is 0 Å². The van der Waals surface area contributed by atoms with Crippen LogP contribution in [0.25, 0.3) is 0 Å². The van der Waals surface area contributed by atoms with Gasteiger partial charge in [0.05, 0.1) is 0 Å². The molecule has 0 amide bonds. The monoisotopic (exact) mass is 250 g/mol. The molecule has 96 valence electrons. The Labute approximate surface area is 98.2 Å². The Morgan fingerprint density at radius 1 is 1.38 bits per heavy atom. The third-order valence-corrected chi connectivity index (χ3v) is 4.43. The van der Waals surface area contributed by atoms with E-state index in [4.69, 9.17) is 0 Å². The summed E-state index contributed by atoms with van der Waals surface area (Å²) in [6, 6.07) is 0. The van der Waals surface area contributed by atoms with Crippen molar-refractivity contribution in [1.82, 2.24) is 19.2 Å². The van der Waals surface area contributed by atoms with Crippen LogP contribution in [0.3, 0.4) is 0 Å². The Balaban J connectivity index is 2.23. The SMILES string of the molecule is CCN(C)S(=O)(=O)NCCN1CCNCC1. The molecule has 1 aliphatic heterocycles. The second-order valence-electron chi connectivity index (χ2n) is 3.91. The Morgan fingerprint density at radius 3 is 2.56 bits per heavy atom. The molecule has 6 nitrogen and oxygen atoms in total. The number of rotatable bonds is 6. The van der Waals surface area contributed by atoms with E-state index < -0.39 is 10.2 Å². The highest BCUT2D eigenvalue weighted by Crippen LogP contribution is 1.94. The molecule has 1 fully saturated rings. The maximum Gasteiger partial charge on any atom is 0.279 e. The number of hydrogen-bond donors (Lipinski definition) is 2. The van der Waals surface area contributed by atoms with Crippen LogP contribution in [-0.4, -0.2) is 70.5 Å². The molecule has 1 aliphatic rings. The second-order valence-corrected chi connectivity index (χ2v) is 5.77. The van der Waals surface area contributed by atoms with Crippen molar-refractivity contribution < 1.29 is 8.42 Å². The zero-order valence-electron chi connectivity index (χ0n) is 10.1. The minimum atomic E-state index is -3.27. The Hall–Kier alpha value is -0.210. The van der Waals surface area contributed by atoms with Gasteiger partial charge in [0.25, 0.3) is 10.2 Å². The van der Waals surface area contributed by atoms with Gasteiger partial charge < -0.3 is 5.32 Å². The molecule has 0 radical (unpaired) electrons. The minimum Gasteiger partial charge on any atom is -0.314 e. The van der Waals surface area contributed by atoms with Gasteiger partial charge in [-0.05, 0) is 0 Å². The summed E-state index contributed by atoms with van der Waals surface area (Å²) >= 11 is 0. The van der Waals surface area contributed by atoms with Crippen LogP contribution in [0.15, 0.2) is 0 Å². The lowest BCUT2D eigenvalue weighted by Gasteiger charge is -2.27. The van der Waals surface area contributed by atoms with Crippen molar-refractivity contribution >= 4 is 10.2 Å². The van der Waals surface area contributed by atoms with Gasteiger partial charge in [0.1, 0.15) is 0 Å². The lowest BCUT2D eigenvalue weighted by molar-refractivity contribution is 0.244. The van der Waals surface area contributed by atoms with Gasteiger partial charge in [0, 0.05) is 52.9 Å². The van der Waals surface area contributed by atoms with Crippen molar-refractivity contribution in [2.24, 2.45) is 0 Å². The van der Waals surface area contributed by atoms with Crippen molar-refractivity contribution in [1.29, 1.82) is 0 Å². The van der Waals surface area contributed by atoms with Gasteiger partial charge in [0.15, 0.2) is 0 Å². The van der Waals surface area contributed by atoms with E-state index in [9.17, 15) is 8.42 Å². The Kier molecular flexibility index (Phi) is 5.63. The minimum absolute atomic E-state index is 0.479. The molecule has 0 bridgehead atoms. The third kappa shape index (κ3) is 4.34. The summed E-state index contributed by atoms with van der Waals surface area (Å²) in [6.07, 6.45) is 0. The molecule has 2 N–H and O–H groups in total. The van der Waals surface area contributed by atoms with E-state index in [1.165, 1.54) is 4.31 Å². The van der Waals surface area contributed by atoms with E-state index in [1.807, 2.05) is 6.92 Å². The van der Waals surface area contributed by atoms with Crippen molar-refractivity contribution in [2.75, 3.05) is 52.9 Å². The molecule has 1 rings (SSSR count). The van der Waals surface area contributed by atoms with Crippen LogP contribution in [0.4, 0.5) is 0 Å². The van der Waals surface area contributed by atoms with Crippen LogP contribution in [0, 0.1) is 0 Å². The van der Waals surface area contributed by atoms with Gasteiger partial charge in [-0.2, -0.15) is 12.7 Å². The largest absolute Gasteiger partial charge is 0.314 e. The molecule has 0 spiro atoms. The predicted octanol–water partition coefficient (Wildman–Crippen LogP) is -1.32. The number of nitrogens with zero attached hydrogens (tertiary/aromatic N) is 2. The average Bonchev–Trinajstić information content (AvgIpc) is 2.29. The van der Waals surface area contributed by atoms with Crippen molar-refractivity contribution in [2.45, 2.75) is 6.92 Å². The third-order valence-electron chi connectivity index (χ3n) is 2.78. The van der Waals surface area contributed by atoms with Crippen molar-refractivity contribution in [3.8, 4) is 0 Å². The van der Waals surface area contributed by atoms with Crippen LogP contribution in [0.5, 0.6) is 0 Å². The highest BCUT2D eigenvalue weighted by Gasteiger charge is 2.15. The highest BCUT2D eigenvalue weighted by atomic mass is 32.2. The molecule has 1 saturated heterocycles. The summed E-state index contributed by atoms with van der Waals surface area (Å²) in [5.41, 5.74) is 0. The molecule has 16 heavy (non-hydrogen) atoms. The molecular weight excluding hydrogens is 228 g/mol. The van der Waals surface area contributed by atoms with E-state index in [2.05, 4.69) is 14.9 Å². The molecule has 0 unspecified atom stereocenters. The molecule has 7 heteroatoms. The standard InChI is InChI=1S/C9H22N4O2S/c1-3-12(2)16(14,15)11-6-9-13-7-4-10-5-8-13/h10-11H,3-9H2,1-2H3. The van der Waals surface area contributed by atoms with Gasteiger partial charge in [-0.15, -0.1) is 0 Å². The summed E-state index contributed by atoms with van der Waals surface area (Å²) in [7, 11) is -1.69. The first-order chi connectivity index (χ1) is 7.56. The summed E-state index contributed by atoms with van der Waals surface area (Å²) in [5, 5.41) is 3.26. The van der Waals surface area contributed by atoms with Crippen LogP contribution < -0.4 is 10.0 Å². The lowest BCUT2D eigenvalue weighted by Crippen LogP contribution is -2.47. The maximum atomic E-state index is 11.6. The number of nitrogens with one attached hydrogen (secondary N) is 2. The molecule has 0 atom stereocenters. The van der Waals surface area contributed by atoms with Gasteiger partial charge in [-0.1, -0.05) is 6.92 Å². The first-order valence-corrected chi connectivity index (χ1v) is 7.14. The second kappa shape index (κ2) is 6.51. The molecule has 0 aromatic rings. The zero-order valence-corrected chi connectivity index (χ0v) is 10.9. The molecule has 0 saturated carbocycles. The van der Waals surface area contributed by atoms with Gasteiger partial charge in [-0.3, -0.25) is 4.90 Å². The van der Waals surface area contributed by atoms with Crippen LogP contribution in [-0.2, 0) is 10.2 Å². The number of piperazine rings is 1. The Morgan fingerprint density at radius 2 is 2.00 bits per heavy atom. The maximum absolute atomic E-state index is 11.6. The predicted molar refractivity (Wildman–Crippen MR) is 64.5 cm³/mol. The molecule has 0 aliphatic carbocycles. The summed E-state index contributed by atoms with van der Waals surface area (Å²) < 4.78 is 27.1. The molecule has 0 aromatic carbocycles. The van der Waals surface area contributed by atoms with Gasteiger partial charge in [0.2, 0.25) is 0 Å². The zero-order chi connectivity index (χ0) is 12.0. The molecular formula is C9H22N4O2S. The fourth-order valence-electron chi connectivity index (χ4n) is 1.55. The smallest absolute Gasteiger partial charge is 0.279 e. The molecule has 0 aromatic heterocycles. The van der Waals surface area contributed by atoms with E-state index in [1.54, 1.807) is 7.05 Å². The molecule has 1 heterocycles. The fourth-order valence-corrected chi connectivity index (χ4v) is 2.46. The van der Waals surface area contributed by atoms with E-state index in [0.29, 0.717) is 13.1 Å². The summed E-state index contributed by atoms with van der Waals surface area (Å²) in [5.74, 6) is 0.